The summed E-state index contributed by atoms with van der Waals surface area (Å²) in [6.45, 7) is 5.02. The first-order valence-electron chi connectivity index (χ1n) is 10.9. The number of para-hydroxylation sites is 1. The van der Waals surface area contributed by atoms with Crippen LogP contribution in [0.15, 0.2) is 53.8 Å². The number of hydrogen-bond donors (Lipinski definition) is 1. The minimum absolute atomic E-state index is 0.227. The number of rotatable bonds is 10. The second kappa shape index (κ2) is 10.1. The number of aromatic nitrogens is 4. The first-order chi connectivity index (χ1) is 16.3. The minimum Gasteiger partial charge on any atom is -0.493 e. The summed E-state index contributed by atoms with van der Waals surface area (Å²) in [7, 11) is 1.89. The SMILES string of the molecule is C=N/C(=C\N(C)CCc1ccccc1OCC1CC1)c1cc(-c2n[nH]nc2C(F)(F)F)ccn1. The molecule has 0 radical (unpaired) electrons. The number of pyridine rings is 1. The quantitative estimate of drug-likeness (QED) is 0.429. The summed E-state index contributed by atoms with van der Waals surface area (Å²) in [6, 6.07) is 10.9. The Bertz CT molecular complexity index is 1170. The lowest BCUT2D eigenvalue weighted by Crippen LogP contribution is -2.16. The molecule has 1 aliphatic carbocycles. The molecule has 7 nitrogen and oxygen atoms in total. The molecule has 4 rings (SSSR count). The lowest BCUT2D eigenvalue weighted by atomic mass is 10.1. The first-order valence-corrected chi connectivity index (χ1v) is 10.9. The zero-order chi connectivity index (χ0) is 24.1. The van der Waals surface area contributed by atoms with Crippen LogP contribution in [0, 0.1) is 5.92 Å². The number of aliphatic imine (C=N–C) groups is 1. The van der Waals surface area contributed by atoms with Gasteiger partial charge in [0.1, 0.15) is 17.1 Å². The van der Waals surface area contributed by atoms with Crippen LogP contribution in [0.4, 0.5) is 13.2 Å². The molecule has 1 N–H and O–H groups in total. The van der Waals surface area contributed by atoms with Crippen LogP contribution in [0.25, 0.3) is 17.0 Å². The lowest BCUT2D eigenvalue weighted by Gasteiger charge is -2.17. The average Bonchev–Trinajstić information content (AvgIpc) is 3.51. The molecule has 2 aromatic heterocycles. The van der Waals surface area contributed by atoms with E-state index < -0.39 is 11.9 Å². The van der Waals surface area contributed by atoms with Crippen LogP contribution in [0.2, 0.25) is 0 Å². The molecule has 0 atom stereocenters. The van der Waals surface area contributed by atoms with E-state index in [4.69, 9.17) is 4.74 Å². The molecule has 10 heteroatoms. The number of halogens is 3. The zero-order valence-electron chi connectivity index (χ0n) is 18.7. The summed E-state index contributed by atoms with van der Waals surface area (Å²) < 4.78 is 45.6. The van der Waals surface area contributed by atoms with Crippen LogP contribution in [0.1, 0.15) is 29.8 Å². The fourth-order valence-electron chi connectivity index (χ4n) is 3.45. The van der Waals surface area contributed by atoms with E-state index in [1.54, 1.807) is 6.20 Å². The Hall–Kier alpha value is -3.69. The molecular formula is C24H25F3N6O. The number of aromatic amines is 1. The monoisotopic (exact) mass is 470 g/mol. The molecule has 178 valence electrons. The Balaban J connectivity index is 1.47. The van der Waals surface area contributed by atoms with E-state index in [0.717, 1.165) is 24.3 Å². The standard InChI is InChI=1S/C24H25F3N6O/c1-28-20(19-13-18(9-11-29-19)22-23(24(25,26)27)31-32-30-22)14-33(2)12-10-17-5-3-4-6-21(17)34-15-16-7-8-16/h3-6,9,11,13-14,16H,1,7-8,10,12,15H2,2H3,(H,30,31,32)/b20-14-. The molecule has 0 spiro atoms. The number of benzene rings is 1. The number of ether oxygens (including phenoxy) is 1. The molecule has 1 aromatic carbocycles. The van der Waals surface area contributed by atoms with Gasteiger partial charge in [-0.3, -0.25) is 9.98 Å². The van der Waals surface area contributed by atoms with E-state index >= 15 is 0 Å². The molecule has 1 aliphatic rings. The highest BCUT2D eigenvalue weighted by Gasteiger charge is 2.38. The third-order valence-corrected chi connectivity index (χ3v) is 5.50. The summed E-state index contributed by atoms with van der Waals surface area (Å²) in [4.78, 5) is 10.2. The molecule has 1 fully saturated rings. The number of nitrogens with zero attached hydrogens (tertiary/aromatic N) is 5. The van der Waals surface area contributed by atoms with Crippen molar-refractivity contribution in [2.45, 2.75) is 25.4 Å². The number of likely N-dealkylation sites (N-methyl/N-ethyl adjacent to an activating group) is 1. The van der Waals surface area contributed by atoms with Gasteiger partial charge in [-0.1, -0.05) is 18.2 Å². The van der Waals surface area contributed by atoms with E-state index in [2.05, 4.69) is 26.9 Å². The summed E-state index contributed by atoms with van der Waals surface area (Å²) in [5.41, 5.74) is 0.771. The van der Waals surface area contributed by atoms with Crippen molar-refractivity contribution in [2.75, 3.05) is 20.2 Å². The third kappa shape index (κ3) is 5.81. The van der Waals surface area contributed by atoms with Crippen LogP contribution in [-0.2, 0) is 12.6 Å². The largest absolute Gasteiger partial charge is 0.493 e. The second-order valence-electron chi connectivity index (χ2n) is 8.21. The van der Waals surface area contributed by atoms with Crippen molar-refractivity contribution in [3.63, 3.8) is 0 Å². The summed E-state index contributed by atoms with van der Waals surface area (Å²) >= 11 is 0. The van der Waals surface area contributed by atoms with Gasteiger partial charge < -0.3 is 9.64 Å². The van der Waals surface area contributed by atoms with Crippen LogP contribution >= 0.6 is 0 Å². The minimum atomic E-state index is -4.62. The Labute approximate surface area is 195 Å². The van der Waals surface area contributed by atoms with Crippen LogP contribution in [-0.4, -0.2) is 52.2 Å². The fourth-order valence-corrected chi connectivity index (χ4v) is 3.45. The highest BCUT2D eigenvalue weighted by molar-refractivity contribution is 5.70. The van der Waals surface area contributed by atoms with Crippen LogP contribution in [0.5, 0.6) is 5.75 Å². The van der Waals surface area contributed by atoms with Crippen LogP contribution in [0.3, 0.4) is 0 Å². The van der Waals surface area contributed by atoms with Crippen molar-refractivity contribution in [1.29, 1.82) is 0 Å². The molecule has 0 aliphatic heterocycles. The molecule has 2 heterocycles. The summed E-state index contributed by atoms with van der Waals surface area (Å²) in [5, 5.41) is 8.96. The van der Waals surface area contributed by atoms with Gasteiger partial charge in [-0.05, 0) is 55.7 Å². The normalized spacial score (nSPS) is 14.2. The lowest BCUT2D eigenvalue weighted by molar-refractivity contribution is -0.140. The van der Waals surface area contributed by atoms with E-state index in [1.807, 2.05) is 41.4 Å². The number of alkyl halides is 3. The van der Waals surface area contributed by atoms with Gasteiger partial charge in [-0.2, -0.15) is 28.6 Å². The summed E-state index contributed by atoms with van der Waals surface area (Å²) in [5.74, 6) is 1.57. The van der Waals surface area contributed by atoms with Gasteiger partial charge in [0.15, 0.2) is 5.69 Å². The Kier molecular flexibility index (Phi) is 6.95. The number of H-pyrrole nitrogens is 1. The fraction of sp³-hybridized carbons (Fsp3) is 0.333. The van der Waals surface area contributed by atoms with Crippen molar-refractivity contribution in [1.82, 2.24) is 25.3 Å². The molecule has 3 aromatic rings. The second-order valence-corrected chi connectivity index (χ2v) is 8.21. The Morgan fingerprint density at radius 2 is 2.06 bits per heavy atom. The summed E-state index contributed by atoms with van der Waals surface area (Å²) in [6.07, 6.45) is 1.76. The molecular weight excluding hydrogens is 445 g/mol. The van der Waals surface area contributed by atoms with Crippen LogP contribution < -0.4 is 4.74 Å². The predicted molar refractivity (Wildman–Crippen MR) is 123 cm³/mol. The highest BCUT2D eigenvalue weighted by Crippen LogP contribution is 2.34. The maximum absolute atomic E-state index is 13.2. The van der Waals surface area contributed by atoms with Gasteiger partial charge in [-0.15, -0.1) is 0 Å². The number of hydrogen-bond acceptors (Lipinski definition) is 6. The van der Waals surface area contributed by atoms with Crippen molar-refractivity contribution in [2.24, 2.45) is 10.9 Å². The molecule has 0 saturated heterocycles. The maximum Gasteiger partial charge on any atom is 0.437 e. The average molecular weight is 470 g/mol. The van der Waals surface area contributed by atoms with Gasteiger partial charge in [0.2, 0.25) is 0 Å². The molecule has 34 heavy (non-hydrogen) atoms. The third-order valence-electron chi connectivity index (χ3n) is 5.50. The van der Waals surface area contributed by atoms with E-state index in [9.17, 15) is 13.2 Å². The van der Waals surface area contributed by atoms with Crippen molar-refractivity contribution >= 4 is 12.4 Å². The van der Waals surface area contributed by atoms with E-state index in [-0.39, 0.29) is 11.3 Å². The highest BCUT2D eigenvalue weighted by atomic mass is 19.4. The molecule has 1 saturated carbocycles. The maximum atomic E-state index is 13.2. The van der Waals surface area contributed by atoms with E-state index in [0.29, 0.717) is 23.9 Å². The van der Waals surface area contributed by atoms with Gasteiger partial charge in [0.05, 0.1) is 12.3 Å². The van der Waals surface area contributed by atoms with Gasteiger partial charge in [0, 0.05) is 31.6 Å². The smallest absolute Gasteiger partial charge is 0.437 e. The van der Waals surface area contributed by atoms with Gasteiger partial charge >= 0.3 is 6.18 Å². The zero-order valence-corrected chi connectivity index (χ0v) is 18.7. The first kappa shape index (κ1) is 23.5. The predicted octanol–water partition coefficient (Wildman–Crippen LogP) is 4.85. The molecule has 0 bridgehead atoms. The topological polar surface area (TPSA) is 79.3 Å². The van der Waals surface area contributed by atoms with Crippen molar-refractivity contribution in [3.05, 3.63) is 65.7 Å². The Morgan fingerprint density at radius 3 is 2.79 bits per heavy atom. The van der Waals surface area contributed by atoms with Crippen molar-refractivity contribution < 1.29 is 17.9 Å². The Morgan fingerprint density at radius 1 is 1.26 bits per heavy atom. The van der Waals surface area contributed by atoms with Gasteiger partial charge in [0.25, 0.3) is 0 Å². The van der Waals surface area contributed by atoms with Gasteiger partial charge in [-0.25, -0.2) is 0 Å². The number of nitrogens with one attached hydrogen (secondary N) is 1. The molecule has 0 amide bonds. The molecule has 0 unspecified atom stereocenters. The van der Waals surface area contributed by atoms with E-state index in [1.165, 1.54) is 31.2 Å². The van der Waals surface area contributed by atoms with Crippen molar-refractivity contribution in [3.8, 4) is 17.0 Å².